The summed E-state index contributed by atoms with van der Waals surface area (Å²) in [5, 5.41) is 20.8. The van der Waals surface area contributed by atoms with Crippen LogP contribution in [-0.4, -0.2) is 132 Å². The van der Waals surface area contributed by atoms with Crippen LogP contribution in [0, 0.1) is 53.4 Å². The molecule has 2 N–H and O–H groups in total. The molecule has 2 aliphatic heterocycles. The summed E-state index contributed by atoms with van der Waals surface area (Å²) >= 11 is 2.57. The van der Waals surface area contributed by atoms with Crippen molar-refractivity contribution in [3.8, 4) is 56.9 Å². The number of nitrogens with two attached hydrogens (primary N) is 1. The molecule has 104 heavy (non-hydrogen) atoms. The maximum atomic E-state index is 13.5. The third kappa shape index (κ3) is 19.7. The zero-order valence-corrected chi connectivity index (χ0v) is 62.9. The first kappa shape index (κ1) is 79.4. The fourth-order valence-corrected chi connectivity index (χ4v) is 12.3. The number of hydrogen-bond donors (Lipinski definition) is 1. The topological polar surface area (TPSA) is 303 Å². The van der Waals surface area contributed by atoms with Crippen LogP contribution in [0.2, 0.25) is 0 Å². The van der Waals surface area contributed by atoms with E-state index in [1.54, 1.807) is 43.6 Å². The standard InChI is InChI=1S/C32H28FN9S.C27H21FN8OS.C4H6N2.C4H6O4.C2H3BO2.C2H6.ClH.Na/c1-4-25-29(40(3)31-39-28(26(14-34)43-31)21-5-8-24(33)9-6-21)42-19-22(7-10-27(42)38-25)23-15-36-30(37-16-23)41-17-20(18-41)13-32(35-2)11-12-32;1-3-21-25(34(2)27-33-24(22(10-29)38-27)16-4-7-19(28)8-5-16)36-13-17(6-9-23(36)32-21)18-11-30-26(31-12-18)35-14-20(37)15-35;1-6-4(5)2-3-4;1-3(5)7-8-4(2)6;1-2(4)5-3;1-2;;/h5-10,15-16,19-20H,4,11-13,17-18H2,1,3H3;4-9,11-13H,3,14-15H2,1-2H3;2-3,5H2;1-2H3;1H3;1-2H3;1H;/q;;;;-1;;;+1/i;;;;;1D;;. The molecule has 2 saturated heterocycles. The van der Waals surface area contributed by atoms with E-state index in [1.165, 1.54) is 53.9 Å². The van der Waals surface area contributed by atoms with Gasteiger partial charge in [0.05, 0.1) is 24.5 Å². The van der Waals surface area contributed by atoms with Gasteiger partial charge in [-0.05, 0) is 85.6 Å². The first-order chi connectivity index (χ1) is 49.4. The van der Waals surface area contributed by atoms with E-state index in [1.807, 2.05) is 93.6 Å². The Kier molecular flexibility index (Phi) is 27.6. The van der Waals surface area contributed by atoms with Gasteiger partial charge < -0.3 is 37.1 Å². The fourth-order valence-electron chi connectivity index (χ4n) is 10.6. The second-order valence-corrected chi connectivity index (χ2v) is 25.6. The van der Waals surface area contributed by atoms with Crippen molar-refractivity contribution in [1.29, 1.82) is 10.5 Å². The Hall–Kier alpha value is -10.3. The summed E-state index contributed by atoms with van der Waals surface area (Å²) in [6, 6.07) is 24.4. The Morgan fingerprint density at radius 1 is 0.663 bits per heavy atom. The molecule has 0 unspecified atom stereocenters. The van der Waals surface area contributed by atoms with Crippen molar-refractivity contribution in [1.82, 2.24) is 48.7 Å². The number of carbonyl (C=O) groups excluding carboxylic acids is 4. The predicted octanol–water partition coefficient (Wildman–Crippen LogP) is 9.65. The first-order valence-corrected chi connectivity index (χ1v) is 33.6. The number of imidazole rings is 2. The Morgan fingerprint density at radius 2 is 1.05 bits per heavy atom. The molecule has 3 radical (unpaired) electrons. The van der Waals surface area contributed by atoms with Gasteiger partial charge in [-0.2, -0.15) is 10.5 Å². The predicted molar refractivity (Wildman–Crippen MR) is 390 cm³/mol. The number of aromatic nitrogens is 10. The number of benzene rings is 2. The SMILES string of the molecule is CC(=O)OOC(C)=O.CCc1nc2ccc(-c3cnc(N4CC(=O)C4)nc3)cn2c1N(C)c1nc(-c2ccc(F)cc2)c(C#N)s1.Cl.[2H]CC.[B-]OC(C)=O.[C-]#[N+]C1(CC2CN(c3ncc(-c4ccc5nc(CC)c(N(C)c6nc(-c7ccc(F)cc7)c(C#N)s6)n5c4)cn3)C2)CC1.[C-]#[N+]C1(N)CC1.[Na+]. The summed E-state index contributed by atoms with van der Waals surface area (Å²) in [4.78, 5) is 101. The van der Waals surface area contributed by atoms with Crippen molar-refractivity contribution in [3.63, 3.8) is 0 Å². The van der Waals surface area contributed by atoms with Crippen molar-refractivity contribution in [2.75, 3.05) is 59.9 Å². The van der Waals surface area contributed by atoms with E-state index >= 15 is 0 Å². The molecule has 2 saturated carbocycles. The van der Waals surface area contributed by atoms with Crippen molar-refractivity contribution < 1.29 is 73.3 Å². The first-order valence-electron chi connectivity index (χ1n) is 32.7. The number of thiazole rings is 2. The third-order valence-electron chi connectivity index (χ3n) is 16.2. The van der Waals surface area contributed by atoms with Gasteiger partial charge in [-0.1, -0.05) is 50.3 Å². The van der Waals surface area contributed by atoms with Crippen LogP contribution in [0.3, 0.4) is 0 Å². The average Bonchev–Trinajstić information content (AvgIpc) is 1.75. The van der Waals surface area contributed by atoms with Crippen molar-refractivity contribution in [2.45, 2.75) is 105 Å². The molecular weight excluding hydrogens is 1400 g/mol. The van der Waals surface area contributed by atoms with Crippen molar-refractivity contribution in [3.05, 3.63) is 166 Å². The van der Waals surface area contributed by atoms with E-state index < -0.39 is 23.6 Å². The number of pyridine rings is 2. The minimum Gasteiger partial charge on any atom is -0.793 e. The van der Waals surface area contributed by atoms with E-state index in [9.17, 15) is 38.5 Å². The molecule has 8 aromatic heterocycles. The summed E-state index contributed by atoms with van der Waals surface area (Å²) in [7, 11) is 8.14. The maximum Gasteiger partial charge on any atom is 1.00 e. The van der Waals surface area contributed by atoms with E-state index in [2.05, 4.69) is 76.1 Å². The van der Waals surface area contributed by atoms with Crippen LogP contribution in [0.5, 0.6) is 0 Å². The summed E-state index contributed by atoms with van der Waals surface area (Å²) in [6.45, 7) is 26.3. The number of hydrogen-bond acceptors (Lipinski definition) is 24. The number of nitriles is 2. The van der Waals surface area contributed by atoms with E-state index in [0.29, 0.717) is 87.2 Å². The monoisotopic (exact) mass is 1470 g/mol. The Bertz CT molecular complexity index is 4880. The van der Waals surface area contributed by atoms with Gasteiger partial charge in [-0.3, -0.25) is 29.0 Å². The molecule has 0 bridgehead atoms. The normalized spacial score (nSPS) is 13.8. The molecular formula is C71H71BClF2N19NaO7S2. The molecule has 10 aromatic rings. The fraction of sp³-hybridized carbons (Fsp3) is 0.324. The van der Waals surface area contributed by atoms with Crippen LogP contribution >= 0.6 is 35.1 Å². The van der Waals surface area contributed by atoms with E-state index in [0.717, 1.165) is 122 Å². The van der Waals surface area contributed by atoms with Gasteiger partial charge in [-0.15, -0.1) is 12.4 Å². The number of Topliss-reactive ketones (excluding diaryl/α,β-unsaturated/α-hetero) is 1. The van der Waals surface area contributed by atoms with E-state index in [-0.39, 0.29) is 64.9 Å². The molecule has 2 aromatic carbocycles. The quantitative estimate of drug-likeness (QED) is 0.0458. The van der Waals surface area contributed by atoms with Gasteiger partial charge in [0.25, 0.3) is 5.66 Å². The molecule has 10 heterocycles. The summed E-state index contributed by atoms with van der Waals surface area (Å²) in [5.74, 6) is 1.26. The number of anilines is 6. The maximum absolute atomic E-state index is 13.5. The zero-order chi connectivity index (χ0) is 74.3. The molecule has 4 fully saturated rings. The van der Waals surface area contributed by atoms with Gasteiger partial charge in [0, 0.05) is 158 Å². The van der Waals surface area contributed by atoms with Crippen LogP contribution in [0.25, 0.3) is 65.8 Å². The molecule has 0 atom stereocenters. The molecule has 529 valence electrons. The van der Waals surface area contributed by atoms with Crippen LogP contribution in [0.15, 0.2) is 110 Å². The summed E-state index contributed by atoms with van der Waals surface area (Å²) in [6.07, 6.45) is 17.5. The van der Waals surface area contributed by atoms with Crippen LogP contribution < -0.4 is 54.9 Å². The minimum atomic E-state index is -0.639. The summed E-state index contributed by atoms with van der Waals surface area (Å²) in [5.41, 5.74) is 14.2. The molecule has 33 heteroatoms. The number of halogens is 3. The molecule has 26 nitrogen and oxygen atoms in total. The number of carbonyl (C=O) groups is 4. The van der Waals surface area contributed by atoms with Gasteiger partial charge in [0.15, 0.2) is 16.0 Å². The molecule has 0 amide bonds. The molecule has 14 rings (SSSR count). The van der Waals surface area contributed by atoms with Crippen LogP contribution in [0.1, 0.15) is 103 Å². The second-order valence-electron chi connectivity index (χ2n) is 23.7. The van der Waals surface area contributed by atoms with Gasteiger partial charge in [0.1, 0.15) is 67.8 Å². The smallest absolute Gasteiger partial charge is 0.793 e. The van der Waals surface area contributed by atoms with Crippen molar-refractivity contribution in [2.24, 2.45) is 11.7 Å². The molecule has 4 aliphatic rings. The Morgan fingerprint density at radius 3 is 1.36 bits per heavy atom. The minimum absolute atomic E-state index is 0. The van der Waals surface area contributed by atoms with Crippen molar-refractivity contribution >= 4 is 112 Å². The zero-order valence-electron chi connectivity index (χ0n) is 59.5. The molecule has 2 aliphatic carbocycles. The Balaban J connectivity index is 0.000000225. The largest absolute Gasteiger partial charge is 1.00 e. The number of aryl methyl sites for hydroxylation is 2. The van der Waals surface area contributed by atoms with Gasteiger partial charge in [0.2, 0.25) is 23.4 Å². The average molecular weight is 1470 g/mol. The number of nitrogens with zero attached hydrogens (tertiary/aromatic N) is 18. The molecule has 0 spiro atoms. The van der Waals surface area contributed by atoms with Gasteiger partial charge in [-0.25, -0.2) is 81.2 Å². The van der Waals surface area contributed by atoms with Crippen LogP contribution in [0.4, 0.5) is 42.6 Å². The number of ketones is 1. The number of fused-ring (bicyclic) bond motifs is 2. The van der Waals surface area contributed by atoms with E-state index in [4.69, 9.17) is 40.2 Å². The third-order valence-corrected chi connectivity index (χ3v) is 18.3. The summed E-state index contributed by atoms with van der Waals surface area (Å²) < 4.78 is 40.8. The Labute approximate surface area is 638 Å². The van der Waals surface area contributed by atoms with Crippen LogP contribution in [-0.2, 0) is 46.4 Å². The second kappa shape index (κ2) is 36.2. The van der Waals surface area contributed by atoms with Gasteiger partial charge >= 0.3 is 41.5 Å². The number of rotatable bonds is 14.